The zero-order valence-electron chi connectivity index (χ0n) is 18.5. The van der Waals surface area contributed by atoms with Gasteiger partial charge in [-0.25, -0.2) is 0 Å². The standard InChI is InChI=1S/C27H43N/c1-3-4-5-6-7-9-14-25-16-18-27(21-25)28-20-19-26(23(2)22-28)17-15-24-12-10-8-11-13-24/h8,10-13,15,17,23,25-27H,3-7,9,14,16,18-22H2,1-2H3/b17-15-. The molecule has 1 aromatic rings. The monoisotopic (exact) mass is 381 g/mol. The first kappa shape index (κ1) is 21.6. The third kappa shape index (κ3) is 6.76. The molecule has 0 aromatic heterocycles. The van der Waals surface area contributed by atoms with Crippen LogP contribution in [-0.4, -0.2) is 24.0 Å². The smallest absolute Gasteiger partial charge is 0.00981 e. The average Bonchev–Trinajstić information content (AvgIpc) is 3.19. The van der Waals surface area contributed by atoms with Crippen molar-refractivity contribution in [1.82, 2.24) is 4.90 Å². The van der Waals surface area contributed by atoms with Crippen molar-refractivity contribution in [3.05, 3.63) is 42.0 Å². The van der Waals surface area contributed by atoms with Crippen molar-refractivity contribution in [1.29, 1.82) is 0 Å². The fraction of sp³-hybridized carbons (Fsp3) is 0.704. The Morgan fingerprint density at radius 3 is 2.54 bits per heavy atom. The topological polar surface area (TPSA) is 3.24 Å². The molecular formula is C27H43N. The van der Waals surface area contributed by atoms with Crippen molar-refractivity contribution in [3.63, 3.8) is 0 Å². The van der Waals surface area contributed by atoms with E-state index < -0.39 is 0 Å². The van der Waals surface area contributed by atoms with Crippen molar-refractivity contribution in [3.8, 4) is 0 Å². The maximum Gasteiger partial charge on any atom is 0.00981 e. The Kier molecular flexibility index (Phi) is 9.12. The summed E-state index contributed by atoms with van der Waals surface area (Å²) >= 11 is 0. The highest BCUT2D eigenvalue weighted by molar-refractivity contribution is 5.49. The SMILES string of the molecule is CCCCCCCCC1CCC(N2CCC(/C=C\c3ccccc3)C(C)C2)C1. The molecule has 1 aliphatic carbocycles. The summed E-state index contributed by atoms with van der Waals surface area (Å²) in [7, 11) is 0. The molecule has 0 bridgehead atoms. The second-order valence-corrected chi connectivity index (χ2v) is 9.58. The molecule has 1 aromatic carbocycles. The van der Waals surface area contributed by atoms with E-state index >= 15 is 0 Å². The van der Waals surface area contributed by atoms with Gasteiger partial charge in [0.05, 0.1) is 0 Å². The fourth-order valence-corrected chi connectivity index (χ4v) is 5.47. The molecule has 4 unspecified atom stereocenters. The van der Waals surface area contributed by atoms with E-state index in [1.165, 1.54) is 89.3 Å². The van der Waals surface area contributed by atoms with Crippen LogP contribution in [0.2, 0.25) is 0 Å². The maximum atomic E-state index is 2.85. The molecule has 0 radical (unpaired) electrons. The second kappa shape index (κ2) is 11.8. The lowest BCUT2D eigenvalue weighted by molar-refractivity contribution is 0.105. The number of nitrogens with zero attached hydrogens (tertiary/aromatic N) is 1. The van der Waals surface area contributed by atoms with Crippen molar-refractivity contribution < 1.29 is 0 Å². The van der Waals surface area contributed by atoms with Gasteiger partial charge >= 0.3 is 0 Å². The van der Waals surface area contributed by atoms with Gasteiger partial charge in [-0.15, -0.1) is 0 Å². The normalized spacial score (nSPS) is 28.9. The predicted octanol–water partition coefficient (Wildman–Crippen LogP) is 7.58. The molecule has 4 atom stereocenters. The fourth-order valence-electron chi connectivity index (χ4n) is 5.47. The lowest BCUT2D eigenvalue weighted by atomic mass is 9.85. The van der Waals surface area contributed by atoms with E-state index in [-0.39, 0.29) is 0 Å². The van der Waals surface area contributed by atoms with E-state index in [1.54, 1.807) is 0 Å². The van der Waals surface area contributed by atoms with Crippen LogP contribution in [0.25, 0.3) is 6.08 Å². The van der Waals surface area contributed by atoms with Crippen molar-refractivity contribution in [2.24, 2.45) is 17.8 Å². The van der Waals surface area contributed by atoms with Crippen LogP contribution in [0.1, 0.15) is 90.0 Å². The number of likely N-dealkylation sites (tertiary alicyclic amines) is 1. The van der Waals surface area contributed by atoms with Crippen molar-refractivity contribution in [2.45, 2.75) is 90.5 Å². The molecule has 0 amide bonds. The van der Waals surface area contributed by atoms with Crippen LogP contribution in [0, 0.1) is 17.8 Å². The van der Waals surface area contributed by atoms with Gasteiger partial charge in [-0.05, 0) is 55.5 Å². The number of hydrogen-bond acceptors (Lipinski definition) is 1. The molecule has 0 spiro atoms. The number of hydrogen-bond donors (Lipinski definition) is 0. The zero-order chi connectivity index (χ0) is 19.6. The van der Waals surface area contributed by atoms with Crippen LogP contribution < -0.4 is 0 Å². The van der Waals surface area contributed by atoms with Crippen LogP contribution in [0.15, 0.2) is 36.4 Å². The summed E-state index contributed by atoms with van der Waals surface area (Å²) in [5, 5.41) is 0. The Balaban J connectivity index is 1.36. The van der Waals surface area contributed by atoms with Crippen LogP contribution in [-0.2, 0) is 0 Å². The molecule has 1 nitrogen and oxygen atoms in total. The van der Waals surface area contributed by atoms with Gasteiger partial charge in [-0.1, -0.05) is 101 Å². The van der Waals surface area contributed by atoms with Gasteiger partial charge in [0.15, 0.2) is 0 Å². The first-order chi connectivity index (χ1) is 13.8. The third-order valence-corrected chi connectivity index (χ3v) is 7.33. The number of benzene rings is 1. The predicted molar refractivity (Wildman–Crippen MR) is 123 cm³/mol. The number of piperidine rings is 1. The van der Waals surface area contributed by atoms with Gasteiger partial charge in [-0.3, -0.25) is 0 Å². The molecule has 1 heteroatoms. The molecule has 1 heterocycles. The first-order valence-electron chi connectivity index (χ1n) is 12.2. The summed E-state index contributed by atoms with van der Waals surface area (Å²) in [5.41, 5.74) is 1.34. The van der Waals surface area contributed by atoms with E-state index in [4.69, 9.17) is 0 Å². The molecule has 3 rings (SSSR count). The quantitative estimate of drug-likeness (QED) is 0.378. The molecule has 2 fully saturated rings. The molecule has 1 saturated carbocycles. The van der Waals surface area contributed by atoms with E-state index in [2.05, 4.69) is 61.2 Å². The summed E-state index contributed by atoms with van der Waals surface area (Å²) in [6, 6.07) is 11.7. The van der Waals surface area contributed by atoms with Crippen LogP contribution in [0.3, 0.4) is 0 Å². The van der Waals surface area contributed by atoms with Crippen LogP contribution in [0.5, 0.6) is 0 Å². The lowest BCUT2D eigenvalue weighted by Crippen LogP contribution is -2.44. The van der Waals surface area contributed by atoms with E-state index in [0.29, 0.717) is 0 Å². The molecular weight excluding hydrogens is 338 g/mol. The van der Waals surface area contributed by atoms with Gasteiger partial charge in [0.25, 0.3) is 0 Å². The van der Waals surface area contributed by atoms with Gasteiger partial charge in [0.2, 0.25) is 0 Å². The second-order valence-electron chi connectivity index (χ2n) is 9.58. The van der Waals surface area contributed by atoms with Crippen molar-refractivity contribution >= 4 is 6.08 Å². The van der Waals surface area contributed by atoms with Crippen LogP contribution >= 0.6 is 0 Å². The lowest BCUT2D eigenvalue weighted by Gasteiger charge is -2.39. The zero-order valence-corrected chi connectivity index (χ0v) is 18.5. The van der Waals surface area contributed by atoms with Gasteiger partial charge in [0, 0.05) is 12.6 Å². The molecule has 156 valence electrons. The summed E-state index contributed by atoms with van der Waals surface area (Å²) in [5.74, 6) is 2.55. The first-order valence-corrected chi connectivity index (χ1v) is 12.2. The van der Waals surface area contributed by atoms with E-state index in [9.17, 15) is 0 Å². The summed E-state index contributed by atoms with van der Waals surface area (Å²) in [6.07, 6.45) is 20.7. The Bertz CT molecular complexity index is 563. The van der Waals surface area contributed by atoms with Gasteiger partial charge in [-0.2, -0.15) is 0 Å². The Hall–Kier alpha value is -1.08. The average molecular weight is 382 g/mol. The highest BCUT2D eigenvalue weighted by atomic mass is 15.2. The van der Waals surface area contributed by atoms with Crippen molar-refractivity contribution in [2.75, 3.05) is 13.1 Å². The van der Waals surface area contributed by atoms with E-state index in [1.807, 2.05) is 0 Å². The highest BCUT2D eigenvalue weighted by Crippen LogP contribution is 2.36. The summed E-state index contributed by atoms with van der Waals surface area (Å²) in [6.45, 7) is 7.39. The molecule has 0 N–H and O–H groups in total. The number of allylic oxidation sites excluding steroid dienone is 1. The highest BCUT2D eigenvalue weighted by Gasteiger charge is 2.33. The molecule has 1 saturated heterocycles. The summed E-state index contributed by atoms with van der Waals surface area (Å²) < 4.78 is 0. The van der Waals surface area contributed by atoms with Crippen LogP contribution in [0.4, 0.5) is 0 Å². The van der Waals surface area contributed by atoms with Gasteiger partial charge in [0.1, 0.15) is 0 Å². The molecule has 1 aliphatic heterocycles. The largest absolute Gasteiger partial charge is 0.300 e. The minimum Gasteiger partial charge on any atom is -0.300 e. The number of rotatable bonds is 10. The Morgan fingerprint density at radius 1 is 0.964 bits per heavy atom. The Morgan fingerprint density at radius 2 is 1.75 bits per heavy atom. The summed E-state index contributed by atoms with van der Waals surface area (Å²) in [4.78, 5) is 2.85. The minimum absolute atomic E-state index is 0.747. The minimum atomic E-state index is 0.747. The number of unbranched alkanes of at least 4 members (excludes halogenated alkanes) is 5. The Labute approximate surface area is 174 Å². The third-order valence-electron chi connectivity index (χ3n) is 7.33. The molecule has 2 aliphatic rings. The van der Waals surface area contributed by atoms with E-state index in [0.717, 1.165) is 23.8 Å². The van der Waals surface area contributed by atoms with Gasteiger partial charge < -0.3 is 4.90 Å². The maximum absolute atomic E-state index is 2.85. The molecule has 28 heavy (non-hydrogen) atoms.